The largest absolute Gasteiger partial charge is 0.380 e. The van der Waals surface area contributed by atoms with E-state index in [1.54, 1.807) is 12.0 Å². The number of halogens is 1. The summed E-state index contributed by atoms with van der Waals surface area (Å²) in [6.07, 6.45) is 5.14. The normalized spacial score (nSPS) is 26.2. The first-order valence-electron chi connectivity index (χ1n) is 10.2. The molecule has 0 aromatic heterocycles. The molecule has 0 bridgehead atoms. The van der Waals surface area contributed by atoms with E-state index in [0.29, 0.717) is 24.7 Å². The summed E-state index contributed by atoms with van der Waals surface area (Å²) in [7, 11) is 3.57. The third-order valence-corrected chi connectivity index (χ3v) is 7.50. The standard InChI is InChI=1S/C22H29ClN2O3/c1-24-15-18(28-2)14-21(19(24)26)10-12-25(13-11-21)20(27)22(8-3-9-22)16-4-6-17(23)7-5-16/h4-7,18H,3,8-15H2,1-2H3. The zero-order valence-electron chi connectivity index (χ0n) is 16.7. The Morgan fingerprint density at radius 1 is 1.14 bits per heavy atom. The van der Waals surface area contributed by atoms with Gasteiger partial charge in [0.25, 0.3) is 0 Å². The second-order valence-electron chi connectivity index (χ2n) is 8.76. The van der Waals surface area contributed by atoms with Crippen LogP contribution < -0.4 is 0 Å². The van der Waals surface area contributed by atoms with E-state index < -0.39 is 5.41 Å². The number of rotatable bonds is 3. The van der Waals surface area contributed by atoms with Crippen LogP contribution in [-0.2, 0) is 19.7 Å². The first kappa shape index (κ1) is 19.7. The first-order valence-corrected chi connectivity index (χ1v) is 10.6. The minimum atomic E-state index is -0.405. The molecule has 1 aromatic rings. The van der Waals surface area contributed by atoms with E-state index in [1.807, 2.05) is 36.2 Å². The number of piperidine rings is 2. The molecule has 152 valence electrons. The van der Waals surface area contributed by atoms with E-state index in [9.17, 15) is 9.59 Å². The van der Waals surface area contributed by atoms with Gasteiger partial charge in [-0.05, 0) is 49.8 Å². The van der Waals surface area contributed by atoms with Crippen LogP contribution in [0.4, 0.5) is 0 Å². The Hall–Kier alpha value is -1.59. The Morgan fingerprint density at radius 3 is 2.32 bits per heavy atom. The number of likely N-dealkylation sites (tertiary alicyclic amines) is 2. The average Bonchev–Trinajstić information content (AvgIpc) is 2.67. The molecule has 2 heterocycles. The average molecular weight is 405 g/mol. The molecule has 2 saturated heterocycles. The summed E-state index contributed by atoms with van der Waals surface area (Å²) in [5.41, 5.74) is 0.288. The summed E-state index contributed by atoms with van der Waals surface area (Å²) in [5, 5.41) is 0.693. The Kier molecular flexibility index (Phi) is 5.17. The quantitative estimate of drug-likeness (QED) is 0.777. The summed E-state index contributed by atoms with van der Waals surface area (Å²) in [6.45, 7) is 1.94. The highest BCUT2D eigenvalue weighted by atomic mass is 35.5. The van der Waals surface area contributed by atoms with E-state index in [1.165, 1.54) is 0 Å². The Balaban J connectivity index is 1.49. The van der Waals surface area contributed by atoms with Crippen molar-refractivity contribution in [2.75, 3.05) is 33.8 Å². The van der Waals surface area contributed by atoms with Gasteiger partial charge in [-0.2, -0.15) is 0 Å². The minimum absolute atomic E-state index is 0.0805. The monoisotopic (exact) mass is 404 g/mol. The maximum absolute atomic E-state index is 13.5. The summed E-state index contributed by atoms with van der Waals surface area (Å²) in [5.74, 6) is 0.430. The highest BCUT2D eigenvalue weighted by Crippen LogP contribution is 2.47. The molecule has 4 rings (SSSR count). The molecular weight excluding hydrogens is 376 g/mol. The number of carbonyl (C=O) groups excluding carboxylic acids is 2. The third-order valence-electron chi connectivity index (χ3n) is 7.25. The predicted molar refractivity (Wildman–Crippen MR) is 108 cm³/mol. The minimum Gasteiger partial charge on any atom is -0.380 e. The maximum atomic E-state index is 13.5. The molecule has 3 aliphatic rings. The Bertz CT molecular complexity index is 752. The van der Waals surface area contributed by atoms with E-state index in [0.717, 1.165) is 44.1 Å². The van der Waals surface area contributed by atoms with Crippen LogP contribution in [0.25, 0.3) is 0 Å². The van der Waals surface area contributed by atoms with Gasteiger partial charge in [0, 0.05) is 38.8 Å². The van der Waals surface area contributed by atoms with Crippen molar-refractivity contribution in [3.05, 3.63) is 34.9 Å². The number of methoxy groups -OCH3 is 1. The van der Waals surface area contributed by atoms with Gasteiger partial charge in [0.2, 0.25) is 11.8 Å². The second-order valence-corrected chi connectivity index (χ2v) is 9.20. The lowest BCUT2D eigenvalue weighted by Gasteiger charge is -2.50. The second kappa shape index (κ2) is 7.34. The van der Waals surface area contributed by atoms with Gasteiger partial charge in [-0.1, -0.05) is 30.2 Å². The van der Waals surface area contributed by atoms with E-state index >= 15 is 0 Å². The smallest absolute Gasteiger partial charge is 0.233 e. The van der Waals surface area contributed by atoms with Gasteiger partial charge >= 0.3 is 0 Å². The van der Waals surface area contributed by atoms with E-state index in [-0.39, 0.29) is 23.3 Å². The highest BCUT2D eigenvalue weighted by molar-refractivity contribution is 6.30. The summed E-state index contributed by atoms with van der Waals surface area (Å²) < 4.78 is 5.57. The number of hydrogen-bond acceptors (Lipinski definition) is 3. The molecular formula is C22H29ClN2O3. The van der Waals surface area contributed by atoms with Crippen LogP contribution in [0.5, 0.6) is 0 Å². The van der Waals surface area contributed by atoms with Gasteiger partial charge in [-0.15, -0.1) is 0 Å². The fraction of sp³-hybridized carbons (Fsp3) is 0.636. The van der Waals surface area contributed by atoms with Crippen LogP contribution >= 0.6 is 11.6 Å². The summed E-state index contributed by atoms with van der Waals surface area (Å²) in [4.78, 5) is 30.2. The molecule has 2 aliphatic heterocycles. The number of ether oxygens (including phenoxy) is 1. The van der Waals surface area contributed by atoms with Crippen molar-refractivity contribution in [2.45, 2.75) is 50.0 Å². The molecule has 2 amide bonds. The predicted octanol–water partition coefficient (Wildman–Crippen LogP) is 3.25. The van der Waals surface area contributed by atoms with Crippen molar-refractivity contribution in [3.8, 4) is 0 Å². The molecule has 5 nitrogen and oxygen atoms in total. The first-order chi connectivity index (χ1) is 13.4. The lowest BCUT2D eigenvalue weighted by molar-refractivity contribution is -0.160. The molecule has 1 aliphatic carbocycles. The molecule has 1 aromatic carbocycles. The Morgan fingerprint density at radius 2 is 1.79 bits per heavy atom. The van der Waals surface area contributed by atoms with Crippen LogP contribution in [-0.4, -0.2) is 61.5 Å². The molecule has 1 atom stereocenters. The van der Waals surface area contributed by atoms with Gasteiger partial charge < -0.3 is 14.5 Å². The number of benzene rings is 1. The molecule has 3 fully saturated rings. The molecule has 0 radical (unpaired) electrons. The van der Waals surface area contributed by atoms with Crippen LogP contribution in [0, 0.1) is 5.41 Å². The molecule has 1 spiro atoms. The molecule has 1 saturated carbocycles. The van der Waals surface area contributed by atoms with Gasteiger partial charge in [-0.3, -0.25) is 9.59 Å². The fourth-order valence-electron chi connectivity index (χ4n) is 5.32. The molecule has 1 unspecified atom stereocenters. The van der Waals surface area contributed by atoms with Gasteiger partial charge in [0.15, 0.2) is 0 Å². The van der Waals surface area contributed by atoms with Crippen LogP contribution in [0.1, 0.15) is 44.1 Å². The van der Waals surface area contributed by atoms with Crippen molar-refractivity contribution >= 4 is 23.4 Å². The van der Waals surface area contributed by atoms with Crippen LogP contribution in [0.3, 0.4) is 0 Å². The van der Waals surface area contributed by atoms with Crippen LogP contribution in [0.15, 0.2) is 24.3 Å². The van der Waals surface area contributed by atoms with Crippen LogP contribution in [0.2, 0.25) is 5.02 Å². The van der Waals surface area contributed by atoms with E-state index in [2.05, 4.69) is 0 Å². The Labute approximate surface area is 172 Å². The number of amides is 2. The number of nitrogens with zero attached hydrogens (tertiary/aromatic N) is 2. The van der Waals surface area contributed by atoms with Crippen molar-refractivity contribution < 1.29 is 14.3 Å². The molecule has 0 N–H and O–H groups in total. The number of carbonyl (C=O) groups is 2. The van der Waals surface area contributed by atoms with Crippen molar-refractivity contribution in [2.24, 2.45) is 5.41 Å². The van der Waals surface area contributed by atoms with Crippen molar-refractivity contribution in [1.82, 2.24) is 9.80 Å². The SMILES string of the molecule is COC1CN(C)C(=O)C2(CCN(C(=O)C3(c4ccc(Cl)cc4)CCC3)CC2)C1. The lowest BCUT2D eigenvalue weighted by atomic mass is 9.63. The number of hydrogen-bond donors (Lipinski definition) is 0. The topological polar surface area (TPSA) is 49.9 Å². The van der Waals surface area contributed by atoms with E-state index in [4.69, 9.17) is 16.3 Å². The fourth-order valence-corrected chi connectivity index (χ4v) is 5.45. The third kappa shape index (κ3) is 3.13. The van der Waals surface area contributed by atoms with Crippen molar-refractivity contribution in [1.29, 1.82) is 0 Å². The van der Waals surface area contributed by atoms with Crippen molar-refractivity contribution in [3.63, 3.8) is 0 Å². The summed E-state index contributed by atoms with van der Waals surface area (Å²) >= 11 is 6.04. The summed E-state index contributed by atoms with van der Waals surface area (Å²) in [6, 6.07) is 7.73. The van der Waals surface area contributed by atoms with Gasteiger partial charge in [-0.25, -0.2) is 0 Å². The maximum Gasteiger partial charge on any atom is 0.233 e. The zero-order valence-corrected chi connectivity index (χ0v) is 17.5. The number of likely N-dealkylation sites (N-methyl/N-ethyl adjacent to an activating group) is 1. The van der Waals surface area contributed by atoms with Gasteiger partial charge in [0.05, 0.1) is 16.9 Å². The van der Waals surface area contributed by atoms with Gasteiger partial charge in [0.1, 0.15) is 0 Å². The molecule has 6 heteroatoms. The zero-order chi connectivity index (χ0) is 19.9. The molecule has 28 heavy (non-hydrogen) atoms. The highest BCUT2D eigenvalue weighted by Gasteiger charge is 2.52. The lowest BCUT2D eigenvalue weighted by Crippen LogP contribution is -2.59.